The highest BCUT2D eigenvalue weighted by Crippen LogP contribution is 2.21. The van der Waals surface area contributed by atoms with Crippen molar-refractivity contribution in [1.29, 1.82) is 0 Å². The summed E-state index contributed by atoms with van der Waals surface area (Å²) in [6, 6.07) is 1.75. The molecule has 2 heterocycles. The molecular weight excluding hydrogens is 318 g/mol. The fourth-order valence-electron chi connectivity index (χ4n) is 2.48. The first kappa shape index (κ1) is 17.8. The van der Waals surface area contributed by atoms with Crippen LogP contribution in [0.3, 0.4) is 0 Å². The van der Waals surface area contributed by atoms with Crippen LogP contribution in [0.2, 0.25) is 5.28 Å². The summed E-state index contributed by atoms with van der Waals surface area (Å²) in [6.45, 7) is 9.30. The number of carbonyl (C=O) groups excluding carboxylic acids is 1. The van der Waals surface area contributed by atoms with Crippen LogP contribution in [0.15, 0.2) is 6.07 Å². The molecule has 0 aliphatic carbocycles. The first-order valence-electron chi connectivity index (χ1n) is 7.85. The monoisotopic (exact) mass is 341 g/mol. The maximum atomic E-state index is 12.1. The summed E-state index contributed by atoms with van der Waals surface area (Å²) >= 11 is 5.83. The molecule has 1 aliphatic heterocycles. The average molecular weight is 342 g/mol. The summed E-state index contributed by atoms with van der Waals surface area (Å²) in [6.07, 6.45) is 1.69. The number of ether oxygens (including phenoxy) is 2. The third kappa shape index (κ3) is 5.86. The molecule has 0 radical (unpaired) electrons. The molecule has 1 atom stereocenters. The summed E-state index contributed by atoms with van der Waals surface area (Å²) in [5, 5.41) is 0.180. The standard InChI is InChI=1S/C16H24ClN3O3/c1-11-8-13(19-14(17)18-11)22-10-12-6-5-7-20(9-12)15(21)23-16(2,3)4/h8,12H,5-7,9-10H2,1-4H3/t12-/m0/s1. The van der Waals surface area contributed by atoms with E-state index < -0.39 is 5.60 Å². The van der Waals surface area contributed by atoms with Gasteiger partial charge in [-0.1, -0.05) is 0 Å². The normalized spacial score (nSPS) is 18.7. The van der Waals surface area contributed by atoms with E-state index in [9.17, 15) is 4.79 Å². The van der Waals surface area contributed by atoms with Crippen LogP contribution in [-0.2, 0) is 4.74 Å². The molecule has 1 saturated heterocycles. The lowest BCUT2D eigenvalue weighted by atomic mass is 9.99. The number of nitrogens with zero attached hydrogens (tertiary/aromatic N) is 3. The molecule has 0 saturated carbocycles. The molecule has 1 fully saturated rings. The highest BCUT2D eigenvalue weighted by atomic mass is 35.5. The summed E-state index contributed by atoms with van der Waals surface area (Å²) in [4.78, 5) is 21.9. The average Bonchev–Trinajstić information content (AvgIpc) is 2.43. The largest absolute Gasteiger partial charge is 0.477 e. The molecule has 128 valence electrons. The topological polar surface area (TPSA) is 64.5 Å². The van der Waals surface area contributed by atoms with Gasteiger partial charge in [-0.15, -0.1) is 0 Å². The Morgan fingerprint density at radius 2 is 2.17 bits per heavy atom. The zero-order chi connectivity index (χ0) is 17.0. The van der Waals surface area contributed by atoms with Crippen molar-refractivity contribution in [2.45, 2.75) is 46.1 Å². The maximum Gasteiger partial charge on any atom is 0.410 e. The molecule has 0 bridgehead atoms. The van der Waals surface area contributed by atoms with Gasteiger partial charge in [-0.05, 0) is 52.1 Å². The fourth-order valence-corrected chi connectivity index (χ4v) is 2.69. The second kappa shape index (κ2) is 7.34. The maximum absolute atomic E-state index is 12.1. The zero-order valence-corrected chi connectivity index (χ0v) is 14.9. The molecule has 7 heteroatoms. The molecule has 6 nitrogen and oxygen atoms in total. The van der Waals surface area contributed by atoms with Crippen LogP contribution in [0.4, 0.5) is 4.79 Å². The first-order chi connectivity index (χ1) is 10.7. The molecule has 1 aromatic rings. The number of aryl methyl sites for hydroxylation is 1. The van der Waals surface area contributed by atoms with Gasteiger partial charge in [-0.3, -0.25) is 0 Å². The van der Waals surface area contributed by atoms with Crippen LogP contribution in [0.1, 0.15) is 39.3 Å². The number of carbonyl (C=O) groups is 1. The van der Waals surface area contributed by atoms with Gasteiger partial charge < -0.3 is 14.4 Å². The Morgan fingerprint density at radius 1 is 1.43 bits per heavy atom. The van der Waals surface area contributed by atoms with Crippen LogP contribution in [-0.4, -0.2) is 46.3 Å². The van der Waals surface area contributed by atoms with E-state index in [2.05, 4.69) is 9.97 Å². The van der Waals surface area contributed by atoms with E-state index in [0.717, 1.165) is 25.1 Å². The number of aromatic nitrogens is 2. The molecular formula is C16H24ClN3O3. The van der Waals surface area contributed by atoms with Gasteiger partial charge in [0.15, 0.2) is 0 Å². The number of likely N-dealkylation sites (tertiary alicyclic amines) is 1. The molecule has 23 heavy (non-hydrogen) atoms. The van der Waals surface area contributed by atoms with Crippen LogP contribution in [0, 0.1) is 12.8 Å². The van der Waals surface area contributed by atoms with E-state index in [1.165, 1.54) is 0 Å². The van der Waals surface area contributed by atoms with E-state index in [1.54, 1.807) is 11.0 Å². The van der Waals surface area contributed by atoms with E-state index in [1.807, 2.05) is 27.7 Å². The van der Waals surface area contributed by atoms with E-state index >= 15 is 0 Å². The Hall–Kier alpha value is -1.56. The summed E-state index contributed by atoms with van der Waals surface area (Å²) in [5.41, 5.74) is 0.287. The smallest absolute Gasteiger partial charge is 0.410 e. The van der Waals surface area contributed by atoms with Crippen molar-refractivity contribution in [3.05, 3.63) is 17.0 Å². The van der Waals surface area contributed by atoms with Gasteiger partial charge in [0.2, 0.25) is 11.2 Å². The van der Waals surface area contributed by atoms with E-state index in [4.69, 9.17) is 21.1 Å². The lowest BCUT2D eigenvalue weighted by Gasteiger charge is -2.33. The summed E-state index contributed by atoms with van der Waals surface area (Å²) < 4.78 is 11.1. The zero-order valence-electron chi connectivity index (χ0n) is 14.1. The number of hydrogen-bond acceptors (Lipinski definition) is 5. The number of piperidine rings is 1. The predicted octanol–water partition coefficient (Wildman–Crippen LogP) is 3.46. The third-order valence-corrected chi connectivity index (χ3v) is 3.61. The molecule has 1 amide bonds. The van der Waals surface area contributed by atoms with Gasteiger partial charge in [0.25, 0.3) is 0 Å². The Labute approximate surface area is 142 Å². The number of hydrogen-bond donors (Lipinski definition) is 0. The second-order valence-electron chi connectivity index (χ2n) is 6.86. The van der Waals surface area contributed by atoms with Gasteiger partial charge in [-0.25, -0.2) is 9.78 Å². The Bertz CT molecular complexity index is 540. The van der Waals surface area contributed by atoms with Gasteiger partial charge in [0.1, 0.15) is 5.60 Å². The third-order valence-electron chi connectivity index (χ3n) is 3.44. The lowest BCUT2D eigenvalue weighted by molar-refractivity contribution is 0.0138. The molecule has 1 aromatic heterocycles. The van der Waals surface area contributed by atoms with Gasteiger partial charge >= 0.3 is 6.09 Å². The van der Waals surface area contributed by atoms with Crippen LogP contribution in [0.25, 0.3) is 0 Å². The predicted molar refractivity (Wildman–Crippen MR) is 87.8 cm³/mol. The molecule has 2 rings (SSSR count). The SMILES string of the molecule is Cc1cc(OC[C@H]2CCCN(C(=O)OC(C)(C)C)C2)nc(Cl)n1. The minimum absolute atomic E-state index is 0.180. The summed E-state index contributed by atoms with van der Waals surface area (Å²) in [7, 11) is 0. The first-order valence-corrected chi connectivity index (χ1v) is 8.22. The van der Waals surface area contributed by atoms with Crippen molar-refractivity contribution in [3.63, 3.8) is 0 Å². The summed E-state index contributed by atoms with van der Waals surface area (Å²) in [5.74, 6) is 0.724. The van der Waals surface area contributed by atoms with E-state index in [-0.39, 0.29) is 17.3 Å². The van der Waals surface area contributed by atoms with Crippen LogP contribution in [0.5, 0.6) is 5.88 Å². The number of halogens is 1. The Balaban J connectivity index is 1.87. The molecule has 0 N–H and O–H groups in total. The Kier molecular flexibility index (Phi) is 5.68. The van der Waals surface area contributed by atoms with Crippen LogP contribution >= 0.6 is 11.6 Å². The number of rotatable bonds is 3. The van der Waals surface area contributed by atoms with Gasteiger partial charge in [0.05, 0.1) is 6.61 Å². The highest BCUT2D eigenvalue weighted by molar-refractivity contribution is 6.28. The van der Waals surface area contributed by atoms with Crippen molar-refractivity contribution in [3.8, 4) is 5.88 Å². The van der Waals surface area contributed by atoms with E-state index in [0.29, 0.717) is 19.0 Å². The molecule has 1 aliphatic rings. The Morgan fingerprint density at radius 3 is 2.83 bits per heavy atom. The second-order valence-corrected chi connectivity index (χ2v) is 7.20. The van der Waals surface area contributed by atoms with Crippen molar-refractivity contribution in [2.75, 3.05) is 19.7 Å². The number of amides is 1. The van der Waals surface area contributed by atoms with Crippen molar-refractivity contribution in [1.82, 2.24) is 14.9 Å². The minimum atomic E-state index is -0.476. The van der Waals surface area contributed by atoms with Gasteiger partial charge in [-0.2, -0.15) is 4.98 Å². The molecule has 0 unspecified atom stereocenters. The lowest BCUT2D eigenvalue weighted by Crippen LogP contribution is -2.44. The minimum Gasteiger partial charge on any atom is -0.477 e. The molecule has 0 aromatic carbocycles. The van der Waals surface area contributed by atoms with Crippen molar-refractivity contribution < 1.29 is 14.3 Å². The quantitative estimate of drug-likeness (QED) is 0.788. The van der Waals surface area contributed by atoms with Crippen molar-refractivity contribution >= 4 is 17.7 Å². The van der Waals surface area contributed by atoms with Gasteiger partial charge in [0, 0.05) is 30.8 Å². The van der Waals surface area contributed by atoms with Crippen LogP contribution < -0.4 is 4.74 Å². The fraction of sp³-hybridized carbons (Fsp3) is 0.688. The van der Waals surface area contributed by atoms with Crippen molar-refractivity contribution in [2.24, 2.45) is 5.92 Å². The highest BCUT2D eigenvalue weighted by Gasteiger charge is 2.28. The molecule has 0 spiro atoms.